The van der Waals surface area contributed by atoms with Gasteiger partial charge in [-0.3, -0.25) is 19.9 Å². The quantitative estimate of drug-likeness (QED) is 0.620. The Labute approximate surface area is 160 Å². The van der Waals surface area contributed by atoms with Crippen LogP contribution in [0.25, 0.3) is 0 Å². The molecular weight excluding hydrogens is 368 g/mol. The molecule has 1 aliphatic rings. The maximum absolute atomic E-state index is 12.6. The van der Waals surface area contributed by atoms with E-state index >= 15 is 0 Å². The van der Waals surface area contributed by atoms with Crippen LogP contribution in [0.15, 0.2) is 42.7 Å². The Kier molecular flexibility index (Phi) is 5.69. The molecule has 0 unspecified atom stereocenters. The van der Waals surface area contributed by atoms with E-state index in [4.69, 9.17) is 11.6 Å². The Bertz CT molecular complexity index is 937. The third-order valence-electron chi connectivity index (χ3n) is 3.90. The molecule has 0 fully saturated rings. The number of carbonyl (C=O) groups is 3. The van der Waals surface area contributed by atoms with Gasteiger partial charge >= 0.3 is 6.03 Å². The minimum atomic E-state index is -0.692. The number of halogens is 1. The smallest absolute Gasteiger partial charge is 0.322 e. The van der Waals surface area contributed by atoms with E-state index in [-0.39, 0.29) is 18.9 Å². The zero-order chi connectivity index (χ0) is 19.2. The number of rotatable bonds is 4. The molecule has 0 aliphatic carbocycles. The zero-order valence-electron chi connectivity index (χ0n) is 14.1. The summed E-state index contributed by atoms with van der Waals surface area (Å²) < 4.78 is 0. The predicted octanol–water partition coefficient (Wildman–Crippen LogP) is 1.57. The third kappa shape index (κ3) is 4.63. The summed E-state index contributed by atoms with van der Waals surface area (Å²) in [6, 6.07) is 7.31. The number of urea groups is 1. The third-order valence-corrected chi connectivity index (χ3v) is 4.14. The molecule has 0 spiro atoms. The number of nitrogens with one attached hydrogen (secondary N) is 2. The maximum Gasteiger partial charge on any atom is 0.322 e. The monoisotopic (exact) mass is 382 g/mol. The molecule has 0 saturated heterocycles. The molecule has 0 bridgehead atoms. The molecule has 3 rings (SSSR count). The maximum atomic E-state index is 12.6. The summed E-state index contributed by atoms with van der Waals surface area (Å²) in [6.07, 6.45) is 3.50. The van der Waals surface area contributed by atoms with E-state index in [1.807, 2.05) is 5.32 Å². The standard InChI is InChI=1S/C19H15ClN4O3/c20-15-5-4-14-10-24(18(26)17(14)8-15)11-16(23-19(27)22-12-25)6-3-13-2-1-7-21-9-13/h1-2,4-5,7-9,12,16H,10-11H2,(H2,22,23,25,27)/t16-/m1/s1. The first kappa shape index (κ1) is 18.4. The summed E-state index contributed by atoms with van der Waals surface area (Å²) in [7, 11) is 0. The molecule has 1 aromatic heterocycles. The van der Waals surface area contributed by atoms with Gasteiger partial charge in [0.1, 0.15) is 6.04 Å². The highest BCUT2D eigenvalue weighted by atomic mass is 35.5. The van der Waals surface area contributed by atoms with Gasteiger partial charge in [0.25, 0.3) is 5.91 Å². The second kappa shape index (κ2) is 8.34. The Morgan fingerprint density at radius 2 is 2.26 bits per heavy atom. The van der Waals surface area contributed by atoms with Crippen LogP contribution in [0.1, 0.15) is 21.5 Å². The highest BCUT2D eigenvalue weighted by Gasteiger charge is 2.29. The Balaban J connectivity index is 1.77. The van der Waals surface area contributed by atoms with Gasteiger partial charge in [-0.2, -0.15) is 0 Å². The minimum absolute atomic E-state index is 0.157. The van der Waals surface area contributed by atoms with Crippen molar-refractivity contribution in [3.8, 4) is 11.8 Å². The van der Waals surface area contributed by atoms with E-state index in [2.05, 4.69) is 22.1 Å². The number of hydrogen-bond acceptors (Lipinski definition) is 4. The van der Waals surface area contributed by atoms with Gasteiger partial charge in [-0.25, -0.2) is 4.79 Å². The van der Waals surface area contributed by atoms with Gasteiger partial charge < -0.3 is 10.2 Å². The molecule has 1 aromatic carbocycles. The number of imide groups is 1. The largest absolute Gasteiger partial charge is 0.331 e. The van der Waals surface area contributed by atoms with E-state index in [9.17, 15) is 14.4 Å². The number of carbonyl (C=O) groups excluding carboxylic acids is 3. The molecule has 2 aromatic rings. The summed E-state index contributed by atoms with van der Waals surface area (Å²) >= 11 is 5.97. The van der Waals surface area contributed by atoms with Crippen LogP contribution in [0.3, 0.4) is 0 Å². The molecule has 2 heterocycles. The van der Waals surface area contributed by atoms with Crippen molar-refractivity contribution in [1.82, 2.24) is 20.5 Å². The van der Waals surface area contributed by atoms with Crippen LogP contribution in [0.4, 0.5) is 4.79 Å². The van der Waals surface area contributed by atoms with Crippen LogP contribution >= 0.6 is 11.6 Å². The number of aromatic nitrogens is 1. The van der Waals surface area contributed by atoms with E-state index in [1.165, 1.54) is 0 Å². The minimum Gasteiger partial charge on any atom is -0.331 e. The van der Waals surface area contributed by atoms with Crippen molar-refractivity contribution < 1.29 is 14.4 Å². The topological polar surface area (TPSA) is 91.4 Å². The summed E-state index contributed by atoms with van der Waals surface area (Å²) in [6.45, 7) is 0.554. The van der Waals surface area contributed by atoms with Gasteiger partial charge in [0.05, 0.1) is 6.54 Å². The van der Waals surface area contributed by atoms with E-state index in [1.54, 1.807) is 47.6 Å². The molecule has 2 N–H and O–H groups in total. The van der Waals surface area contributed by atoms with Gasteiger partial charge in [0.2, 0.25) is 6.41 Å². The summed E-state index contributed by atoms with van der Waals surface area (Å²) in [5.41, 5.74) is 2.07. The van der Waals surface area contributed by atoms with Crippen LogP contribution in [0.2, 0.25) is 5.02 Å². The van der Waals surface area contributed by atoms with Gasteiger partial charge in [-0.15, -0.1) is 0 Å². The van der Waals surface area contributed by atoms with Crippen molar-refractivity contribution >= 4 is 29.9 Å². The second-order valence-electron chi connectivity index (χ2n) is 5.79. The van der Waals surface area contributed by atoms with Crippen molar-refractivity contribution in [3.05, 3.63) is 64.4 Å². The number of pyridine rings is 1. The number of fused-ring (bicyclic) bond motifs is 1. The first-order valence-corrected chi connectivity index (χ1v) is 8.44. The van der Waals surface area contributed by atoms with Gasteiger partial charge in [-0.1, -0.05) is 29.5 Å². The molecular formula is C19H15ClN4O3. The summed E-state index contributed by atoms with van der Waals surface area (Å²) in [5.74, 6) is 5.64. The summed E-state index contributed by atoms with van der Waals surface area (Å²) in [5, 5.41) is 5.07. The van der Waals surface area contributed by atoms with Gasteiger partial charge in [0.15, 0.2) is 0 Å². The van der Waals surface area contributed by atoms with Crippen molar-refractivity contribution in [2.45, 2.75) is 12.6 Å². The Morgan fingerprint density at radius 3 is 3.00 bits per heavy atom. The van der Waals surface area contributed by atoms with E-state index < -0.39 is 12.1 Å². The van der Waals surface area contributed by atoms with Crippen molar-refractivity contribution in [2.24, 2.45) is 0 Å². The summed E-state index contributed by atoms with van der Waals surface area (Å²) in [4.78, 5) is 40.3. The van der Waals surface area contributed by atoms with Gasteiger partial charge in [-0.05, 0) is 29.8 Å². The molecule has 0 radical (unpaired) electrons. The fourth-order valence-electron chi connectivity index (χ4n) is 2.69. The SMILES string of the molecule is O=CNC(=O)N[C@H](C#Cc1cccnc1)CN1Cc2ccc(Cl)cc2C1=O. The Hall–Kier alpha value is -3.37. The average Bonchev–Trinajstić information content (AvgIpc) is 2.96. The van der Waals surface area contributed by atoms with E-state index in [0.29, 0.717) is 22.7 Å². The van der Waals surface area contributed by atoms with E-state index in [0.717, 1.165) is 5.56 Å². The van der Waals surface area contributed by atoms with Crippen molar-refractivity contribution in [2.75, 3.05) is 6.54 Å². The highest BCUT2D eigenvalue weighted by molar-refractivity contribution is 6.31. The molecule has 7 nitrogen and oxygen atoms in total. The molecule has 4 amide bonds. The zero-order valence-corrected chi connectivity index (χ0v) is 14.9. The number of hydrogen-bond donors (Lipinski definition) is 2. The lowest BCUT2D eigenvalue weighted by atomic mass is 10.1. The van der Waals surface area contributed by atoms with Crippen LogP contribution in [0.5, 0.6) is 0 Å². The fourth-order valence-corrected chi connectivity index (χ4v) is 2.86. The molecule has 27 heavy (non-hydrogen) atoms. The first-order chi connectivity index (χ1) is 13.1. The molecule has 0 saturated carbocycles. The molecule has 1 atom stereocenters. The average molecular weight is 383 g/mol. The van der Waals surface area contributed by atoms with Crippen LogP contribution in [0, 0.1) is 11.8 Å². The predicted molar refractivity (Wildman–Crippen MR) is 98.8 cm³/mol. The number of benzene rings is 1. The number of nitrogens with zero attached hydrogens (tertiary/aromatic N) is 2. The lowest BCUT2D eigenvalue weighted by molar-refractivity contribution is -0.108. The lowest BCUT2D eigenvalue weighted by Crippen LogP contribution is -2.46. The van der Waals surface area contributed by atoms with Gasteiger partial charge in [0, 0.05) is 35.1 Å². The normalized spacial score (nSPS) is 13.2. The molecule has 1 aliphatic heterocycles. The molecule has 136 valence electrons. The highest BCUT2D eigenvalue weighted by Crippen LogP contribution is 2.25. The van der Waals surface area contributed by atoms with Crippen molar-refractivity contribution in [3.63, 3.8) is 0 Å². The lowest BCUT2D eigenvalue weighted by Gasteiger charge is -2.20. The first-order valence-electron chi connectivity index (χ1n) is 8.07. The van der Waals surface area contributed by atoms with Crippen LogP contribution in [-0.4, -0.2) is 40.8 Å². The Morgan fingerprint density at radius 1 is 1.41 bits per heavy atom. The van der Waals surface area contributed by atoms with Crippen LogP contribution < -0.4 is 10.6 Å². The molecule has 8 heteroatoms. The second-order valence-corrected chi connectivity index (χ2v) is 6.22. The van der Waals surface area contributed by atoms with Crippen molar-refractivity contribution in [1.29, 1.82) is 0 Å². The van der Waals surface area contributed by atoms with Crippen LogP contribution in [-0.2, 0) is 11.3 Å². The number of amides is 4. The fraction of sp³-hybridized carbons (Fsp3) is 0.158.